The molecule has 1 N–H and O–H groups in total. The summed E-state index contributed by atoms with van der Waals surface area (Å²) in [4.78, 5) is 23.0. The van der Waals surface area contributed by atoms with Gasteiger partial charge in [-0.15, -0.1) is 0 Å². The molecule has 0 unspecified atom stereocenters. The predicted molar refractivity (Wildman–Crippen MR) is 65.6 cm³/mol. The van der Waals surface area contributed by atoms with Crippen LogP contribution in [0.1, 0.15) is 23.2 Å². The van der Waals surface area contributed by atoms with Crippen molar-refractivity contribution in [1.82, 2.24) is 5.32 Å². The lowest BCUT2D eigenvalue weighted by Gasteiger charge is -2.06. The second kappa shape index (κ2) is 5.31. The van der Waals surface area contributed by atoms with Crippen LogP contribution >= 0.6 is 15.9 Å². The van der Waals surface area contributed by atoms with Crippen LogP contribution < -0.4 is 5.32 Å². The molecule has 4 nitrogen and oxygen atoms in total. The van der Waals surface area contributed by atoms with E-state index in [1.54, 1.807) is 24.3 Å². The minimum atomic E-state index is -0.497. The number of hydrogen-bond acceptors (Lipinski definition) is 3. The number of halogens is 1. The Morgan fingerprint density at radius 2 is 2.06 bits per heavy atom. The zero-order chi connectivity index (χ0) is 12.3. The largest absolute Gasteiger partial charge is 0.452 e. The van der Waals surface area contributed by atoms with Crippen LogP contribution in [0, 0.1) is 0 Å². The van der Waals surface area contributed by atoms with E-state index in [1.165, 1.54) is 0 Å². The highest BCUT2D eigenvalue weighted by Crippen LogP contribution is 2.19. The van der Waals surface area contributed by atoms with Crippen LogP contribution in [0.2, 0.25) is 0 Å². The molecule has 1 aromatic rings. The van der Waals surface area contributed by atoms with E-state index in [1.807, 2.05) is 0 Å². The molecule has 17 heavy (non-hydrogen) atoms. The average Bonchev–Trinajstić information content (AvgIpc) is 3.10. The van der Waals surface area contributed by atoms with Crippen molar-refractivity contribution in [2.24, 2.45) is 0 Å². The third-order valence-corrected chi connectivity index (χ3v) is 3.06. The number of benzene rings is 1. The molecule has 1 amide bonds. The molecule has 5 heteroatoms. The Bertz CT molecular complexity index is 443. The van der Waals surface area contributed by atoms with E-state index in [4.69, 9.17) is 4.74 Å². The lowest BCUT2D eigenvalue weighted by atomic mass is 10.2. The van der Waals surface area contributed by atoms with Gasteiger partial charge in [-0.25, -0.2) is 4.79 Å². The molecule has 1 aliphatic carbocycles. The van der Waals surface area contributed by atoms with Crippen molar-refractivity contribution in [3.63, 3.8) is 0 Å². The van der Waals surface area contributed by atoms with E-state index in [2.05, 4.69) is 21.2 Å². The van der Waals surface area contributed by atoms with Crippen LogP contribution in [0.3, 0.4) is 0 Å². The lowest BCUT2D eigenvalue weighted by molar-refractivity contribution is -0.124. The fourth-order valence-corrected chi connectivity index (χ4v) is 1.78. The Morgan fingerprint density at radius 3 is 2.71 bits per heavy atom. The first-order valence-corrected chi connectivity index (χ1v) is 6.17. The van der Waals surface area contributed by atoms with Crippen LogP contribution in [-0.4, -0.2) is 24.5 Å². The summed E-state index contributed by atoms with van der Waals surface area (Å²) in [5.41, 5.74) is 0.423. The molecule has 90 valence electrons. The summed E-state index contributed by atoms with van der Waals surface area (Å²) in [6.07, 6.45) is 2.04. The van der Waals surface area contributed by atoms with Crippen LogP contribution in [0.15, 0.2) is 28.7 Å². The minimum absolute atomic E-state index is 0.226. The second-order valence-electron chi connectivity index (χ2n) is 3.90. The summed E-state index contributed by atoms with van der Waals surface area (Å²) in [7, 11) is 0. The summed E-state index contributed by atoms with van der Waals surface area (Å²) in [6, 6.07) is 7.22. The van der Waals surface area contributed by atoms with Gasteiger partial charge in [-0.2, -0.15) is 0 Å². The molecule has 0 saturated heterocycles. The summed E-state index contributed by atoms with van der Waals surface area (Å²) < 4.78 is 5.58. The molecule has 0 aromatic heterocycles. The number of amides is 1. The molecule has 0 radical (unpaired) electrons. The Morgan fingerprint density at radius 1 is 1.35 bits per heavy atom. The number of nitrogens with one attached hydrogen (secondary N) is 1. The summed E-state index contributed by atoms with van der Waals surface area (Å²) in [6.45, 7) is -0.226. The molecule has 0 bridgehead atoms. The Balaban J connectivity index is 1.84. The van der Waals surface area contributed by atoms with Crippen molar-refractivity contribution in [1.29, 1.82) is 0 Å². The Kier molecular flexibility index (Phi) is 3.78. The fourth-order valence-electron chi connectivity index (χ4n) is 1.33. The van der Waals surface area contributed by atoms with E-state index in [-0.39, 0.29) is 18.6 Å². The number of rotatable bonds is 4. The van der Waals surface area contributed by atoms with Gasteiger partial charge in [-0.1, -0.05) is 12.1 Å². The third-order valence-electron chi connectivity index (χ3n) is 2.37. The van der Waals surface area contributed by atoms with Crippen molar-refractivity contribution in [3.8, 4) is 0 Å². The molecule has 0 aliphatic heterocycles. The summed E-state index contributed by atoms with van der Waals surface area (Å²) in [5, 5.41) is 2.75. The lowest BCUT2D eigenvalue weighted by Crippen LogP contribution is -2.30. The Hall–Kier alpha value is -1.36. The highest BCUT2D eigenvalue weighted by molar-refractivity contribution is 9.10. The van der Waals surface area contributed by atoms with Gasteiger partial charge in [-0.05, 0) is 40.9 Å². The normalized spacial score (nSPS) is 14.2. The standard InChI is InChI=1S/C12H12BrNO3/c13-10-4-2-1-3-9(10)12(16)17-7-11(15)14-8-5-6-8/h1-4,8H,5-7H2,(H,14,15). The maximum atomic E-state index is 11.6. The molecule has 1 aromatic carbocycles. The van der Waals surface area contributed by atoms with Crippen LogP contribution in [-0.2, 0) is 9.53 Å². The molecule has 1 saturated carbocycles. The molecular weight excluding hydrogens is 286 g/mol. The van der Waals surface area contributed by atoms with Gasteiger partial charge in [0.1, 0.15) is 0 Å². The van der Waals surface area contributed by atoms with Crippen molar-refractivity contribution < 1.29 is 14.3 Å². The topological polar surface area (TPSA) is 55.4 Å². The van der Waals surface area contributed by atoms with Gasteiger partial charge in [0.15, 0.2) is 6.61 Å². The van der Waals surface area contributed by atoms with Crippen molar-refractivity contribution in [2.75, 3.05) is 6.61 Å². The number of carbonyl (C=O) groups excluding carboxylic acids is 2. The monoisotopic (exact) mass is 297 g/mol. The zero-order valence-corrected chi connectivity index (χ0v) is 10.7. The van der Waals surface area contributed by atoms with Crippen LogP contribution in [0.5, 0.6) is 0 Å². The van der Waals surface area contributed by atoms with Gasteiger partial charge < -0.3 is 10.1 Å². The molecule has 0 heterocycles. The zero-order valence-electron chi connectivity index (χ0n) is 9.11. The van der Waals surface area contributed by atoms with E-state index in [0.29, 0.717) is 10.0 Å². The van der Waals surface area contributed by atoms with E-state index >= 15 is 0 Å². The number of ether oxygens (including phenoxy) is 1. The molecule has 0 spiro atoms. The molecule has 1 aliphatic rings. The first-order valence-electron chi connectivity index (χ1n) is 5.38. The minimum Gasteiger partial charge on any atom is -0.452 e. The second-order valence-corrected chi connectivity index (χ2v) is 4.75. The highest BCUT2D eigenvalue weighted by atomic mass is 79.9. The Labute approximate surface area is 107 Å². The molecule has 0 atom stereocenters. The highest BCUT2D eigenvalue weighted by Gasteiger charge is 2.23. The van der Waals surface area contributed by atoms with Gasteiger partial charge in [0.2, 0.25) is 0 Å². The van der Waals surface area contributed by atoms with Crippen molar-refractivity contribution >= 4 is 27.8 Å². The molecular formula is C12H12BrNO3. The number of esters is 1. The van der Waals surface area contributed by atoms with Crippen molar-refractivity contribution in [2.45, 2.75) is 18.9 Å². The third kappa shape index (κ3) is 3.56. The number of carbonyl (C=O) groups is 2. The van der Waals surface area contributed by atoms with Gasteiger partial charge in [-0.3, -0.25) is 4.79 Å². The average molecular weight is 298 g/mol. The molecule has 2 rings (SSSR count). The molecule has 1 fully saturated rings. The quantitative estimate of drug-likeness (QED) is 0.864. The van der Waals surface area contributed by atoms with E-state index in [0.717, 1.165) is 12.8 Å². The summed E-state index contributed by atoms with van der Waals surface area (Å²) in [5.74, 6) is -0.740. The van der Waals surface area contributed by atoms with Crippen LogP contribution in [0.4, 0.5) is 0 Å². The smallest absolute Gasteiger partial charge is 0.339 e. The van der Waals surface area contributed by atoms with Gasteiger partial charge in [0.05, 0.1) is 5.56 Å². The van der Waals surface area contributed by atoms with E-state index < -0.39 is 5.97 Å². The van der Waals surface area contributed by atoms with Gasteiger partial charge in [0.25, 0.3) is 5.91 Å². The number of hydrogen-bond donors (Lipinski definition) is 1. The maximum absolute atomic E-state index is 11.6. The van der Waals surface area contributed by atoms with Crippen LogP contribution in [0.25, 0.3) is 0 Å². The maximum Gasteiger partial charge on any atom is 0.339 e. The van der Waals surface area contributed by atoms with Gasteiger partial charge in [0, 0.05) is 10.5 Å². The van der Waals surface area contributed by atoms with E-state index in [9.17, 15) is 9.59 Å². The predicted octanol–water partition coefficient (Wildman–Crippen LogP) is 1.88. The SMILES string of the molecule is O=C(COC(=O)c1ccccc1Br)NC1CC1. The van der Waals surface area contributed by atoms with Gasteiger partial charge >= 0.3 is 5.97 Å². The fraction of sp³-hybridized carbons (Fsp3) is 0.333. The first-order chi connectivity index (χ1) is 8.16. The van der Waals surface area contributed by atoms with Crippen molar-refractivity contribution in [3.05, 3.63) is 34.3 Å². The summed E-state index contributed by atoms with van der Waals surface area (Å²) >= 11 is 3.25. The first kappa shape index (κ1) is 12.1.